The average Bonchev–Trinajstić information content (AvgIpc) is 2.58. The van der Waals surface area contributed by atoms with Crippen molar-refractivity contribution in [2.75, 3.05) is 0 Å². The molecular weight excluding hydrogens is 180 g/mol. The lowest BCUT2D eigenvalue weighted by molar-refractivity contribution is 0.100. The molecule has 0 bridgehead atoms. The van der Waals surface area contributed by atoms with Gasteiger partial charge in [0, 0.05) is 5.56 Å². The van der Waals surface area contributed by atoms with E-state index in [2.05, 4.69) is 9.97 Å². The molecule has 2 rings (SSSR count). The second-order valence-corrected chi connectivity index (χ2v) is 2.79. The van der Waals surface area contributed by atoms with Crippen LogP contribution in [-0.2, 0) is 0 Å². The molecule has 0 atom stereocenters. The number of carbonyl (C=O) groups is 1. The molecule has 0 saturated heterocycles. The molecule has 5 heteroatoms. The lowest BCUT2D eigenvalue weighted by Gasteiger charge is -1.93. The third kappa shape index (κ3) is 1.19. The van der Waals surface area contributed by atoms with E-state index >= 15 is 0 Å². The fraction of sp³-hybridized carbons (Fsp3) is 0. The largest absolute Gasteiger partial charge is 0.366 e. The van der Waals surface area contributed by atoms with E-state index in [0.717, 1.165) is 0 Å². The highest BCUT2D eigenvalue weighted by Gasteiger charge is 2.05. The Hall–Kier alpha value is -2.35. The van der Waals surface area contributed by atoms with Crippen molar-refractivity contribution in [2.24, 2.45) is 5.73 Å². The summed E-state index contributed by atoms with van der Waals surface area (Å²) >= 11 is 0. The number of fused-ring (bicyclic) bond motifs is 1. The second-order valence-electron chi connectivity index (χ2n) is 2.79. The molecule has 1 heterocycles. The Kier molecular flexibility index (Phi) is 1.68. The van der Waals surface area contributed by atoms with Gasteiger partial charge in [-0.05, 0) is 18.2 Å². The van der Waals surface area contributed by atoms with Crippen LogP contribution in [0.5, 0.6) is 0 Å². The number of hydrogen-bond donors (Lipinski definition) is 2. The van der Waals surface area contributed by atoms with Crippen LogP contribution in [0.2, 0.25) is 0 Å². The number of aromatic amines is 1. The smallest absolute Gasteiger partial charge is 0.248 e. The van der Waals surface area contributed by atoms with Crippen molar-refractivity contribution >= 4 is 16.9 Å². The summed E-state index contributed by atoms with van der Waals surface area (Å²) in [4.78, 5) is 17.6. The summed E-state index contributed by atoms with van der Waals surface area (Å²) in [7, 11) is 0. The molecule has 1 amide bonds. The van der Waals surface area contributed by atoms with Crippen LogP contribution in [0.4, 0.5) is 0 Å². The van der Waals surface area contributed by atoms with Gasteiger partial charge in [-0.1, -0.05) is 0 Å². The van der Waals surface area contributed by atoms with Crippen molar-refractivity contribution in [3.8, 4) is 6.07 Å². The summed E-state index contributed by atoms with van der Waals surface area (Å²) in [6, 6.07) is 6.68. The molecule has 0 saturated carbocycles. The average molecular weight is 186 g/mol. The lowest BCUT2D eigenvalue weighted by Crippen LogP contribution is -2.10. The maximum atomic E-state index is 10.8. The van der Waals surface area contributed by atoms with Crippen LogP contribution in [0.3, 0.4) is 0 Å². The molecule has 5 nitrogen and oxygen atoms in total. The first-order valence-electron chi connectivity index (χ1n) is 3.90. The van der Waals surface area contributed by atoms with Crippen LogP contribution in [0, 0.1) is 11.3 Å². The van der Waals surface area contributed by atoms with E-state index in [9.17, 15) is 4.79 Å². The molecule has 0 spiro atoms. The van der Waals surface area contributed by atoms with Crippen LogP contribution in [-0.4, -0.2) is 15.9 Å². The predicted octanol–water partition coefficient (Wildman–Crippen LogP) is 0.533. The number of nitrogens with two attached hydrogens (primary N) is 1. The summed E-state index contributed by atoms with van der Waals surface area (Å²) < 4.78 is 0. The molecule has 0 unspecified atom stereocenters. The Morgan fingerprint density at radius 3 is 3.00 bits per heavy atom. The molecule has 3 N–H and O–H groups in total. The van der Waals surface area contributed by atoms with Crippen molar-refractivity contribution < 1.29 is 4.79 Å². The molecule has 68 valence electrons. The van der Waals surface area contributed by atoms with Crippen molar-refractivity contribution in [2.45, 2.75) is 0 Å². The normalized spacial score (nSPS) is 9.93. The number of imidazole rings is 1. The van der Waals surface area contributed by atoms with Crippen LogP contribution in [0.1, 0.15) is 16.2 Å². The number of hydrogen-bond acceptors (Lipinski definition) is 3. The Morgan fingerprint density at radius 1 is 1.57 bits per heavy atom. The number of benzene rings is 1. The zero-order valence-corrected chi connectivity index (χ0v) is 7.11. The Morgan fingerprint density at radius 2 is 2.36 bits per heavy atom. The van der Waals surface area contributed by atoms with Crippen molar-refractivity contribution in [3.05, 3.63) is 29.6 Å². The Bertz CT molecular complexity index is 549. The number of amides is 1. The van der Waals surface area contributed by atoms with Crippen LogP contribution < -0.4 is 5.73 Å². The highest BCUT2D eigenvalue weighted by molar-refractivity contribution is 5.96. The van der Waals surface area contributed by atoms with E-state index in [1.54, 1.807) is 18.2 Å². The third-order valence-electron chi connectivity index (χ3n) is 1.87. The van der Waals surface area contributed by atoms with Gasteiger partial charge < -0.3 is 10.7 Å². The fourth-order valence-electron chi connectivity index (χ4n) is 1.22. The standard InChI is InChI=1S/C9H6N4O/c10-4-8-12-6-2-1-5(9(11)14)3-7(6)13-8/h1-3H,(H2,11,14)(H,12,13). The molecule has 0 radical (unpaired) electrons. The summed E-state index contributed by atoms with van der Waals surface area (Å²) in [5, 5.41) is 8.58. The number of nitrogens with one attached hydrogen (secondary N) is 1. The van der Waals surface area contributed by atoms with Crippen LogP contribution >= 0.6 is 0 Å². The van der Waals surface area contributed by atoms with E-state index in [1.165, 1.54) is 0 Å². The summed E-state index contributed by atoms with van der Waals surface area (Å²) in [6.07, 6.45) is 0. The number of primary amides is 1. The SMILES string of the molecule is N#Cc1nc2ccc(C(N)=O)cc2[nH]1. The number of nitriles is 1. The minimum atomic E-state index is -0.500. The summed E-state index contributed by atoms with van der Waals surface area (Å²) in [5.74, 6) is -0.276. The molecule has 1 aromatic heterocycles. The Balaban J connectivity index is 2.66. The van der Waals surface area contributed by atoms with E-state index in [1.807, 2.05) is 6.07 Å². The first-order valence-corrected chi connectivity index (χ1v) is 3.90. The van der Waals surface area contributed by atoms with Gasteiger partial charge in [-0.2, -0.15) is 5.26 Å². The highest BCUT2D eigenvalue weighted by Crippen LogP contribution is 2.12. The van der Waals surface area contributed by atoms with E-state index in [-0.39, 0.29) is 5.82 Å². The van der Waals surface area contributed by atoms with Gasteiger partial charge in [0.15, 0.2) is 0 Å². The van der Waals surface area contributed by atoms with Crippen LogP contribution in [0.15, 0.2) is 18.2 Å². The van der Waals surface area contributed by atoms with Gasteiger partial charge in [0.1, 0.15) is 6.07 Å². The molecule has 0 fully saturated rings. The first kappa shape index (κ1) is 8.26. The number of aromatic nitrogens is 2. The first-order chi connectivity index (χ1) is 6.70. The Labute approximate surface area is 79.2 Å². The molecule has 0 aliphatic rings. The summed E-state index contributed by atoms with van der Waals surface area (Å²) in [5.41, 5.74) is 6.78. The molecule has 0 aliphatic carbocycles. The van der Waals surface area contributed by atoms with Gasteiger partial charge in [-0.25, -0.2) is 4.98 Å². The summed E-state index contributed by atoms with van der Waals surface area (Å²) in [6.45, 7) is 0. The van der Waals surface area contributed by atoms with Gasteiger partial charge in [0.05, 0.1) is 11.0 Å². The minimum absolute atomic E-state index is 0.224. The van der Waals surface area contributed by atoms with Gasteiger partial charge >= 0.3 is 0 Å². The van der Waals surface area contributed by atoms with Gasteiger partial charge in [-0.15, -0.1) is 0 Å². The molecule has 14 heavy (non-hydrogen) atoms. The minimum Gasteiger partial charge on any atom is -0.366 e. The number of H-pyrrole nitrogens is 1. The number of carbonyl (C=O) groups excluding carboxylic acids is 1. The van der Waals surface area contributed by atoms with Gasteiger partial charge in [-0.3, -0.25) is 4.79 Å². The zero-order valence-electron chi connectivity index (χ0n) is 7.11. The predicted molar refractivity (Wildman–Crippen MR) is 49.3 cm³/mol. The lowest BCUT2D eigenvalue weighted by atomic mass is 10.2. The third-order valence-corrected chi connectivity index (χ3v) is 1.87. The molecular formula is C9H6N4O. The van der Waals surface area contributed by atoms with E-state index < -0.39 is 5.91 Å². The zero-order chi connectivity index (χ0) is 10.1. The van der Waals surface area contributed by atoms with Crippen molar-refractivity contribution in [1.82, 2.24) is 9.97 Å². The molecule has 0 aliphatic heterocycles. The maximum Gasteiger partial charge on any atom is 0.248 e. The second kappa shape index (κ2) is 2.85. The van der Waals surface area contributed by atoms with Crippen LogP contribution in [0.25, 0.3) is 11.0 Å². The molecule has 1 aromatic carbocycles. The number of rotatable bonds is 1. The van der Waals surface area contributed by atoms with E-state index in [0.29, 0.717) is 16.6 Å². The monoisotopic (exact) mass is 186 g/mol. The quantitative estimate of drug-likeness (QED) is 0.680. The van der Waals surface area contributed by atoms with Gasteiger partial charge in [0.2, 0.25) is 11.7 Å². The maximum absolute atomic E-state index is 10.8. The van der Waals surface area contributed by atoms with E-state index in [4.69, 9.17) is 11.0 Å². The van der Waals surface area contributed by atoms with Crippen molar-refractivity contribution in [3.63, 3.8) is 0 Å². The fourth-order valence-corrected chi connectivity index (χ4v) is 1.22. The van der Waals surface area contributed by atoms with Crippen molar-refractivity contribution in [1.29, 1.82) is 5.26 Å². The number of nitrogens with zero attached hydrogens (tertiary/aromatic N) is 2. The topological polar surface area (TPSA) is 95.6 Å². The van der Waals surface area contributed by atoms with Gasteiger partial charge in [0.25, 0.3) is 0 Å². The highest BCUT2D eigenvalue weighted by atomic mass is 16.1. The molecule has 2 aromatic rings.